The summed E-state index contributed by atoms with van der Waals surface area (Å²) in [7, 11) is 0. The summed E-state index contributed by atoms with van der Waals surface area (Å²) in [6.45, 7) is 2.02. The van der Waals surface area contributed by atoms with Crippen molar-refractivity contribution in [2.45, 2.75) is 25.8 Å². The Morgan fingerprint density at radius 1 is 1.40 bits per heavy atom. The van der Waals surface area contributed by atoms with E-state index in [9.17, 15) is 9.59 Å². The highest BCUT2D eigenvalue weighted by molar-refractivity contribution is 7.13. The first-order valence-electron chi connectivity index (χ1n) is 8.24. The summed E-state index contributed by atoms with van der Waals surface area (Å²) in [4.78, 5) is 27.0. The molecule has 0 saturated carbocycles. The molecule has 1 aromatic heterocycles. The Hall–Kier alpha value is -2.25. The molecule has 0 aliphatic carbocycles. The number of amides is 1. The molecule has 1 saturated heterocycles. The highest BCUT2D eigenvalue weighted by Crippen LogP contribution is 2.24. The maximum atomic E-state index is 12.0. The number of carbonyl (C=O) groups is 2. The summed E-state index contributed by atoms with van der Waals surface area (Å²) >= 11 is 1.30. The minimum absolute atomic E-state index is 0.0414. The molecule has 1 fully saturated rings. The minimum Gasteiger partial charge on any atom is -0.476 e. The van der Waals surface area contributed by atoms with Crippen molar-refractivity contribution >= 4 is 23.2 Å². The first kappa shape index (κ1) is 17.6. The Bertz CT molecular complexity index is 753. The van der Waals surface area contributed by atoms with Crippen LogP contribution in [0.1, 0.15) is 35.3 Å². The van der Waals surface area contributed by atoms with Crippen molar-refractivity contribution < 1.29 is 19.4 Å². The van der Waals surface area contributed by atoms with Crippen molar-refractivity contribution in [1.29, 1.82) is 0 Å². The minimum atomic E-state index is -1.03. The Labute approximate surface area is 149 Å². The largest absolute Gasteiger partial charge is 0.476 e. The molecule has 1 amide bonds. The van der Waals surface area contributed by atoms with E-state index < -0.39 is 5.97 Å². The number of hydrogen-bond donors (Lipinski definition) is 2. The molecule has 2 aromatic rings. The molecule has 1 aromatic carbocycles. The summed E-state index contributed by atoms with van der Waals surface area (Å²) in [5.41, 5.74) is 1.86. The lowest BCUT2D eigenvalue weighted by Gasteiger charge is -2.09. The lowest BCUT2D eigenvalue weighted by molar-refractivity contribution is -0.121. The molecule has 2 heterocycles. The molecule has 0 spiro atoms. The zero-order valence-electron chi connectivity index (χ0n) is 13.7. The smallest absolute Gasteiger partial charge is 0.355 e. The van der Waals surface area contributed by atoms with Crippen molar-refractivity contribution in [1.82, 2.24) is 10.3 Å². The molecule has 0 bridgehead atoms. The number of ether oxygens (including phenoxy) is 1. The molecule has 1 unspecified atom stereocenters. The fourth-order valence-corrected chi connectivity index (χ4v) is 3.55. The molecule has 2 N–H and O–H groups in total. The number of benzene rings is 1. The monoisotopic (exact) mass is 360 g/mol. The van der Waals surface area contributed by atoms with E-state index in [0.717, 1.165) is 37.2 Å². The van der Waals surface area contributed by atoms with Crippen LogP contribution in [0.15, 0.2) is 29.6 Å². The number of hydrogen-bond acceptors (Lipinski definition) is 5. The van der Waals surface area contributed by atoms with Gasteiger partial charge in [-0.05, 0) is 30.4 Å². The number of carboxylic acids is 1. The molecule has 6 nitrogen and oxygen atoms in total. The Balaban J connectivity index is 1.54. The predicted molar refractivity (Wildman–Crippen MR) is 94.5 cm³/mol. The highest BCUT2D eigenvalue weighted by atomic mass is 32.1. The fourth-order valence-electron chi connectivity index (χ4n) is 2.75. The van der Waals surface area contributed by atoms with Gasteiger partial charge in [-0.1, -0.05) is 18.2 Å². The van der Waals surface area contributed by atoms with E-state index in [1.54, 1.807) is 0 Å². The maximum absolute atomic E-state index is 12.0. The van der Waals surface area contributed by atoms with Gasteiger partial charge in [-0.2, -0.15) is 0 Å². The quantitative estimate of drug-likeness (QED) is 0.792. The summed E-state index contributed by atoms with van der Waals surface area (Å²) in [5.74, 6) is -0.485. The summed E-state index contributed by atoms with van der Waals surface area (Å²) < 4.78 is 5.32. The third-order valence-electron chi connectivity index (χ3n) is 4.19. The van der Waals surface area contributed by atoms with Gasteiger partial charge < -0.3 is 15.2 Å². The topological polar surface area (TPSA) is 88.5 Å². The fraction of sp³-hybridized carbons (Fsp3) is 0.389. The Morgan fingerprint density at radius 3 is 3.00 bits per heavy atom. The van der Waals surface area contributed by atoms with Gasteiger partial charge in [-0.15, -0.1) is 11.3 Å². The van der Waals surface area contributed by atoms with Gasteiger partial charge in [0.05, 0.1) is 0 Å². The average molecular weight is 360 g/mol. The Morgan fingerprint density at radius 2 is 2.28 bits per heavy atom. The normalized spacial score (nSPS) is 16.7. The molecular weight excluding hydrogens is 340 g/mol. The molecule has 1 aliphatic heterocycles. The second-order valence-electron chi connectivity index (χ2n) is 6.09. The molecule has 132 valence electrons. The first-order chi connectivity index (χ1) is 12.1. The van der Waals surface area contributed by atoms with Gasteiger partial charge >= 0.3 is 5.97 Å². The summed E-state index contributed by atoms with van der Waals surface area (Å²) in [5, 5.41) is 14.1. The Kier molecular flexibility index (Phi) is 5.78. The number of thiazole rings is 1. The van der Waals surface area contributed by atoms with Gasteiger partial charge in [0.2, 0.25) is 5.91 Å². The van der Waals surface area contributed by atoms with E-state index in [0.29, 0.717) is 23.9 Å². The van der Waals surface area contributed by atoms with Crippen LogP contribution in [-0.2, 0) is 16.1 Å². The molecule has 0 radical (unpaired) electrons. The molecule has 1 aliphatic rings. The van der Waals surface area contributed by atoms with Crippen LogP contribution in [0.4, 0.5) is 0 Å². The average Bonchev–Trinajstić information content (AvgIpc) is 3.30. The van der Waals surface area contributed by atoms with Gasteiger partial charge in [0.15, 0.2) is 5.69 Å². The van der Waals surface area contributed by atoms with Crippen LogP contribution < -0.4 is 5.32 Å². The van der Waals surface area contributed by atoms with E-state index in [4.69, 9.17) is 9.84 Å². The van der Waals surface area contributed by atoms with Gasteiger partial charge in [0.25, 0.3) is 0 Å². The van der Waals surface area contributed by atoms with E-state index in [1.807, 2.05) is 24.3 Å². The van der Waals surface area contributed by atoms with Crippen LogP contribution in [0.2, 0.25) is 0 Å². The van der Waals surface area contributed by atoms with Crippen molar-refractivity contribution in [3.8, 4) is 10.6 Å². The molecule has 25 heavy (non-hydrogen) atoms. The molecule has 7 heteroatoms. The van der Waals surface area contributed by atoms with Crippen LogP contribution in [0.25, 0.3) is 10.6 Å². The molecular formula is C18H20N2O4S. The third-order valence-corrected chi connectivity index (χ3v) is 5.08. The zero-order valence-corrected chi connectivity index (χ0v) is 14.6. The van der Waals surface area contributed by atoms with Crippen LogP contribution in [0.5, 0.6) is 0 Å². The number of aromatic nitrogens is 1. The van der Waals surface area contributed by atoms with Crippen molar-refractivity contribution in [3.05, 3.63) is 40.9 Å². The van der Waals surface area contributed by atoms with Crippen LogP contribution in [-0.4, -0.2) is 35.2 Å². The lowest BCUT2D eigenvalue weighted by atomic mass is 10.0. The second-order valence-corrected chi connectivity index (χ2v) is 6.95. The van der Waals surface area contributed by atoms with Crippen LogP contribution in [0.3, 0.4) is 0 Å². The highest BCUT2D eigenvalue weighted by Gasteiger charge is 2.16. The van der Waals surface area contributed by atoms with Gasteiger partial charge in [-0.3, -0.25) is 4.79 Å². The van der Waals surface area contributed by atoms with Crippen LogP contribution in [0, 0.1) is 5.92 Å². The van der Waals surface area contributed by atoms with E-state index in [2.05, 4.69) is 10.3 Å². The van der Waals surface area contributed by atoms with Crippen LogP contribution >= 0.6 is 11.3 Å². The molecule has 1 atom stereocenters. The van der Waals surface area contributed by atoms with E-state index >= 15 is 0 Å². The number of nitrogens with zero attached hydrogens (tertiary/aromatic N) is 1. The number of nitrogens with one attached hydrogen (secondary N) is 1. The second kappa shape index (κ2) is 8.22. The standard InChI is InChI=1S/C18H20N2O4S/c21-16(5-4-12-6-7-24-10-12)19-9-13-2-1-3-14(8-13)17-20-15(11-25-17)18(22)23/h1-3,8,11-12H,4-7,9-10H2,(H,19,21)(H,22,23). The van der Waals surface area contributed by atoms with Gasteiger partial charge in [-0.25, -0.2) is 9.78 Å². The summed E-state index contributed by atoms with van der Waals surface area (Å²) in [6, 6.07) is 7.63. The SMILES string of the molecule is O=C(CCC1CCOC1)NCc1cccc(-c2nc(C(=O)O)cs2)c1. The van der Waals surface area contributed by atoms with Gasteiger partial charge in [0.1, 0.15) is 5.01 Å². The third kappa shape index (κ3) is 4.87. The number of aromatic carboxylic acids is 1. The summed E-state index contributed by atoms with van der Waals surface area (Å²) in [6.07, 6.45) is 2.42. The predicted octanol–water partition coefficient (Wildman–Crippen LogP) is 2.94. The van der Waals surface area contributed by atoms with Crippen molar-refractivity contribution in [3.63, 3.8) is 0 Å². The lowest BCUT2D eigenvalue weighted by Crippen LogP contribution is -2.23. The number of carbonyl (C=O) groups excluding carboxylic acids is 1. The van der Waals surface area contributed by atoms with E-state index in [-0.39, 0.29) is 11.6 Å². The maximum Gasteiger partial charge on any atom is 0.355 e. The van der Waals surface area contributed by atoms with Gasteiger partial charge in [0, 0.05) is 37.1 Å². The number of rotatable bonds is 7. The van der Waals surface area contributed by atoms with E-state index in [1.165, 1.54) is 16.7 Å². The van der Waals surface area contributed by atoms with Crippen molar-refractivity contribution in [2.24, 2.45) is 5.92 Å². The first-order valence-corrected chi connectivity index (χ1v) is 9.12. The van der Waals surface area contributed by atoms with Crippen molar-refractivity contribution in [2.75, 3.05) is 13.2 Å². The zero-order chi connectivity index (χ0) is 17.6. The number of carboxylic acid groups (broad SMARTS) is 1. The molecule has 3 rings (SSSR count).